The van der Waals surface area contributed by atoms with E-state index in [4.69, 9.17) is 4.74 Å². The van der Waals surface area contributed by atoms with Gasteiger partial charge in [0.05, 0.1) is 7.11 Å². The fraction of sp³-hybridized carbons (Fsp3) is 0.350. The average molecular weight is 325 g/mol. The second kappa shape index (κ2) is 8.96. The summed E-state index contributed by atoms with van der Waals surface area (Å²) in [5, 5.41) is 6.76. The fourth-order valence-corrected chi connectivity index (χ4v) is 2.64. The van der Waals surface area contributed by atoms with E-state index < -0.39 is 0 Å². The normalized spacial score (nSPS) is 12.6. The van der Waals surface area contributed by atoms with Crippen LogP contribution in [0.15, 0.2) is 53.5 Å². The lowest BCUT2D eigenvalue weighted by Gasteiger charge is -2.18. The minimum atomic E-state index is 0.318. The van der Waals surface area contributed by atoms with Gasteiger partial charge in [-0.15, -0.1) is 0 Å². The zero-order valence-corrected chi connectivity index (χ0v) is 15.0. The van der Waals surface area contributed by atoms with Crippen molar-refractivity contribution in [3.05, 3.63) is 65.2 Å². The third-order valence-electron chi connectivity index (χ3n) is 4.18. The van der Waals surface area contributed by atoms with Gasteiger partial charge in [-0.3, -0.25) is 4.99 Å². The molecule has 0 heterocycles. The molecule has 2 aromatic carbocycles. The molecule has 4 nitrogen and oxygen atoms in total. The molecule has 4 heteroatoms. The van der Waals surface area contributed by atoms with Crippen LogP contribution in [-0.2, 0) is 6.54 Å². The Bertz CT molecular complexity index is 682. The topological polar surface area (TPSA) is 45.7 Å². The summed E-state index contributed by atoms with van der Waals surface area (Å²) in [6, 6.07) is 16.5. The number of hydrogen-bond donors (Lipinski definition) is 2. The predicted molar refractivity (Wildman–Crippen MR) is 101 cm³/mol. The van der Waals surface area contributed by atoms with Crippen LogP contribution in [0.3, 0.4) is 0 Å². The van der Waals surface area contributed by atoms with Crippen LogP contribution in [0.2, 0.25) is 0 Å². The van der Waals surface area contributed by atoms with Gasteiger partial charge in [-0.1, -0.05) is 49.4 Å². The van der Waals surface area contributed by atoms with Crippen LogP contribution in [-0.4, -0.2) is 26.7 Å². The van der Waals surface area contributed by atoms with Crippen molar-refractivity contribution in [2.75, 3.05) is 20.7 Å². The molecule has 2 N–H and O–H groups in total. The highest BCUT2D eigenvalue weighted by molar-refractivity contribution is 5.79. The Hall–Kier alpha value is -2.49. The number of nitrogens with zero attached hydrogens (tertiary/aromatic N) is 1. The van der Waals surface area contributed by atoms with E-state index in [9.17, 15) is 0 Å². The minimum absolute atomic E-state index is 0.318. The van der Waals surface area contributed by atoms with Crippen molar-refractivity contribution in [3.8, 4) is 5.75 Å². The molecule has 0 bridgehead atoms. The zero-order chi connectivity index (χ0) is 17.4. The van der Waals surface area contributed by atoms with Gasteiger partial charge < -0.3 is 15.4 Å². The first-order valence-corrected chi connectivity index (χ1v) is 8.27. The van der Waals surface area contributed by atoms with E-state index in [0.717, 1.165) is 24.8 Å². The Morgan fingerprint density at radius 1 is 1.08 bits per heavy atom. The number of benzene rings is 2. The number of nitrogens with one attached hydrogen (secondary N) is 2. The van der Waals surface area contributed by atoms with Crippen molar-refractivity contribution in [2.45, 2.75) is 26.3 Å². The maximum Gasteiger partial charge on any atom is 0.191 e. The summed E-state index contributed by atoms with van der Waals surface area (Å²) in [6.07, 6.45) is 0. The minimum Gasteiger partial charge on any atom is -0.496 e. The van der Waals surface area contributed by atoms with Gasteiger partial charge in [0.25, 0.3) is 0 Å². The van der Waals surface area contributed by atoms with Crippen LogP contribution in [0.25, 0.3) is 0 Å². The van der Waals surface area contributed by atoms with E-state index >= 15 is 0 Å². The first-order valence-electron chi connectivity index (χ1n) is 8.27. The summed E-state index contributed by atoms with van der Waals surface area (Å²) in [4.78, 5) is 4.30. The van der Waals surface area contributed by atoms with Crippen molar-refractivity contribution < 1.29 is 4.74 Å². The third kappa shape index (κ3) is 4.75. The van der Waals surface area contributed by atoms with Crippen molar-refractivity contribution in [3.63, 3.8) is 0 Å². The molecule has 0 spiro atoms. The summed E-state index contributed by atoms with van der Waals surface area (Å²) in [6.45, 7) is 5.85. The van der Waals surface area contributed by atoms with Gasteiger partial charge in [0.1, 0.15) is 5.75 Å². The van der Waals surface area contributed by atoms with Gasteiger partial charge in [0, 0.05) is 26.1 Å². The molecule has 1 unspecified atom stereocenters. The Labute approximate surface area is 145 Å². The Balaban J connectivity index is 1.90. The van der Waals surface area contributed by atoms with Gasteiger partial charge in [0.15, 0.2) is 5.96 Å². The molecule has 0 saturated heterocycles. The highest BCUT2D eigenvalue weighted by Crippen LogP contribution is 2.25. The lowest BCUT2D eigenvalue weighted by Crippen LogP contribution is -2.38. The quantitative estimate of drug-likeness (QED) is 0.631. The lowest BCUT2D eigenvalue weighted by molar-refractivity contribution is 0.406. The molecule has 0 aliphatic carbocycles. The Morgan fingerprint density at radius 3 is 2.50 bits per heavy atom. The van der Waals surface area contributed by atoms with Crippen LogP contribution in [0.1, 0.15) is 29.5 Å². The van der Waals surface area contributed by atoms with E-state index in [1.54, 1.807) is 14.2 Å². The molecule has 0 aromatic heterocycles. The van der Waals surface area contributed by atoms with Crippen LogP contribution in [0, 0.1) is 6.92 Å². The van der Waals surface area contributed by atoms with Crippen molar-refractivity contribution in [1.82, 2.24) is 10.6 Å². The molecule has 0 radical (unpaired) electrons. The first-order chi connectivity index (χ1) is 11.7. The van der Waals surface area contributed by atoms with Gasteiger partial charge >= 0.3 is 0 Å². The molecule has 0 saturated carbocycles. The van der Waals surface area contributed by atoms with Gasteiger partial charge in [-0.05, 0) is 29.7 Å². The molecule has 2 aromatic rings. The van der Waals surface area contributed by atoms with Crippen LogP contribution in [0.4, 0.5) is 0 Å². The van der Waals surface area contributed by atoms with Gasteiger partial charge in [-0.2, -0.15) is 0 Å². The van der Waals surface area contributed by atoms with Crippen molar-refractivity contribution in [1.29, 1.82) is 0 Å². The number of hydrogen-bond acceptors (Lipinski definition) is 2. The molecule has 0 amide bonds. The lowest BCUT2D eigenvalue weighted by atomic mass is 10.0. The van der Waals surface area contributed by atoms with Gasteiger partial charge in [0.2, 0.25) is 0 Å². The number of aryl methyl sites for hydroxylation is 1. The predicted octanol–water partition coefficient (Wildman–Crippen LogP) is 3.47. The van der Waals surface area contributed by atoms with E-state index in [-0.39, 0.29) is 0 Å². The molecule has 0 aliphatic heterocycles. The molecule has 2 rings (SSSR count). The third-order valence-corrected chi connectivity index (χ3v) is 4.18. The Kier molecular flexibility index (Phi) is 6.67. The summed E-state index contributed by atoms with van der Waals surface area (Å²) >= 11 is 0. The van der Waals surface area contributed by atoms with E-state index in [1.165, 1.54) is 16.7 Å². The molecule has 24 heavy (non-hydrogen) atoms. The van der Waals surface area contributed by atoms with E-state index in [0.29, 0.717) is 5.92 Å². The summed E-state index contributed by atoms with van der Waals surface area (Å²) < 4.78 is 5.44. The number of guanidine groups is 1. The van der Waals surface area contributed by atoms with E-state index in [2.05, 4.69) is 59.8 Å². The molecular weight excluding hydrogens is 298 g/mol. The number of ether oxygens (including phenoxy) is 1. The summed E-state index contributed by atoms with van der Waals surface area (Å²) in [7, 11) is 3.50. The SMILES string of the molecule is CN=C(NCc1ccccc1C)NCC(C)c1ccccc1OC. The maximum absolute atomic E-state index is 5.44. The smallest absolute Gasteiger partial charge is 0.191 e. The van der Waals surface area contributed by atoms with Gasteiger partial charge in [-0.25, -0.2) is 0 Å². The molecule has 0 fully saturated rings. The number of para-hydroxylation sites is 1. The van der Waals surface area contributed by atoms with Crippen molar-refractivity contribution >= 4 is 5.96 Å². The maximum atomic E-state index is 5.44. The second-order valence-electron chi connectivity index (χ2n) is 5.88. The zero-order valence-electron chi connectivity index (χ0n) is 15.0. The van der Waals surface area contributed by atoms with Crippen LogP contribution >= 0.6 is 0 Å². The highest BCUT2D eigenvalue weighted by Gasteiger charge is 2.11. The monoisotopic (exact) mass is 325 g/mol. The van der Waals surface area contributed by atoms with Crippen LogP contribution in [0.5, 0.6) is 5.75 Å². The number of rotatable bonds is 6. The summed E-state index contributed by atoms with van der Waals surface area (Å²) in [5.41, 5.74) is 3.75. The largest absolute Gasteiger partial charge is 0.496 e. The first kappa shape index (κ1) is 17.9. The molecule has 1 atom stereocenters. The molecular formula is C20H27N3O. The van der Waals surface area contributed by atoms with E-state index in [1.807, 2.05) is 18.2 Å². The molecule has 128 valence electrons. The number of methoxy groups -OCH3 is 1. The molecule has 0 aliphatic rings. The van der Waals surface area contributed by atoms with Crippen LogP contribution < -0.4 is 15.4 Å². The highest BCUT2D eigenvalue weighted by atomic mass is 16.5. The average Bonchev–Trinajstić information content (AvgIpc) is 2.62. The second-order valence-corrected chi connectivity index (χ2v) is 5.88. The summed E-state index contributed by atoms with van der Waals surface area (Å²) in [5.74, 6) is 2.05. The standard InChI is InChI=1S/C20H27N3O/c1-15-9-5-6-10-17(15)14-23-20(21-3)22-13-16(2)18-11-7-8-12-19(18)24-4/h5-12,16H,13-14H2,1-4H3,(H2,21,22,23). The number of aliphatic imine (C=N–C) groups is 1. The van der Waals surface area contributed by atoms with Crippen molar-refractivity contribution in [2.24, 2.45) is 4.99 Å². The Morgan fingerprint density at radius 2 is 1.79 bits per heavy atom. The fourth-order valence-electron chi connectivity index (χ4n) is 2.64.